The third-order valence-electron chi connectivity index (χ3n) is 4.41. The summed E-state index contributed by atoms with van der Waals surface area (Å²) in [6.45, 7) is 1.89. The number of carbonyl (C=O) groups excluding carboxylic acids is 1. The highest BCUT2D eigenvalue weighted by molar-refractivity contribution is 9.10. The van der Waals surface area contributed by atoms with Crippen LogP contribution < -0.4 is 4.74 Å². The molecule has 0 spiro atoms. The molecular formula is C24H20BrNO5. The molecule has 0 heterocycles. The van der Waals surface area contributed by atoms with Crippen molar-refractivity contribution in [3.8, 4) is 11.5 Å². The Morgan fingerprint density at radius 1 is 1.10 bits per heavy atom. The first-order valence-electron chi connectivity index (χ1n) is 9.43. The molecule has 0 saturated carbocycles. The average Bonchev–Trinajstić information content (AvgIpc) is 2.72. The molecule has 0 aliphatic carbocycles. The van der Waals surface area contributed by atoms with Crippen LogP contribution in [-0.2, 0) is 11.2 Å². The number of benzene rings is 3. The van der Waals surface area contributed by atoms with Gasteiger partial charge < -0.3 is 14.9 Å². The van der Waals surface area contributed by atoms with E-state index in [2.05, 4.69) is 20.9 Å². The molecule has 3 rings (SSSR count). The standard InChI is InChI=1S/C24H20BrNO5/c1-15-3-2-4-18(9-15)24(30)31-21-11-17(10-19(25)13-21)14-26-22(23(28)29)12-16-5-7-20(27)8-6-16/h2-11,13-14,22,27H,12H2,1H3,(H,28,29). The van der Waals surface area contributed by atoms with Gasteiger partial charge in [0, 0.05) is 17.1 Å². The number of nitrogens with zero attached hydrogens (tertiary/aromatic N) is 1. The summed E-state index contributed by atoms with van der Waals surface area (Å²) >= 11 is 3.37. The highest BCUT2D eigenvalue weighted by atomic mass is 79.9. The fourth-order valence-corrected chi connectivity index (χ4v) is 3.38. The van der Waals surface area contributed by atoms with Crippen LogP contribution >= 0.6 is 15.9 Å². The molecule has 0 radical (unpaired) electrons. The van der Waals surface area contributed by atoms with Gasteiger partial charge >= 0.3 is 11.9 Å². The van der Waals surface area contributed by atoms with E-state index in [-0.39, 0.29) is 12.2 Å². The number of hydrogen-bond donors (Lipinski definition) is 2. The van der Waals surface area contributed by atoms with Crippen LogP contribution in [0.1, 0.15) is 27.0 Å². The van der Waals surface area contributed by atoms with E-state index >= 15 is 0 Å². The molecular weight excluding hydrogens is 462 g/mol. The molecule has 158 valence electrons. The predicted molar refractivity (Wildman–Crippen MR) is 121 cm³/mol. The molecule has 0 aromatic heterocycles. The number of ether oxygens (including phenoxy) is 1. The van der Waals surface area contributed by atoms with Gasteiger partial charge in [-0.2, -0.15) is 0 Å². The minimum atomic E-state index is -1.06. The van der Waals surface area contributed by atoms with Crippen LogP contribution in [0.2, 0.25) is 0 Å². The number of phenolic OH excluding ortho intramolecular Hbond substituents is 1. The Bertz CT molecular complexity index is 1130. The van der Waals surface area contributed by atoms with E-state index in [1.54, 1.807) is 48.5 Å². The maximum atomic E-state index is 12.4. The van der Waals surface area contributed by atoms with E-state index in [0.717, 1.165) is 11.1 Å². The summed E-state index contributed by atoms with van der Waals surface area (Å²) in [5.41, 5.74) is 2.71. The molecule has 1 unspecified atom stereocenters. The van der Waals surface area contributed by atoms with Crippen molar-refractivity contribution < 1.29 is 24.5 Å². The largest absolute Gasteiger partial charge is 0.508 e. The molecule has 3 aromatic rings. The van der Waals surface area contributed by atoms with Crippen molar-refractivity contribution in [3.05, 3.63) is 93.5 Å². The zero-order chi connectivity index (χ0) is 22.4. The van der Waals surface area contributed by atoms with Gasteiger partial charge in [-0.1, -0.05) is 45.8 Å². The van der Waals surface area contributed by atoms with E-state index < -0.39 is 18.0 Å². The van der Waals surface area contributed by atoms with Crippen molar-refractivity contribution in [2.75, 3.05) is 0 Å². The second kappa shape index (κ2) is 10.0. The predicted octanol–water partition coefficient (Wildman–Crippen LogP) is 4.80. The molecule has 31 heavy (non-hydrogen) atoms. The summed E-state index contributed by atoms with van der Waals surface area (Å²) in [7, 11) is 0. The minimum absolute atomic E-state index is 0.112. The van der Waals surface area contributed by atoms with E-state index in [0.29, 0.717) is 21.3 Å². The van der Waals surface area contributed by atoms with Crippen LogP contribution in [0.5, 0.6) is 11.5 Å². The summed E-state index contributed by atoms with van der Waals surface area (Å²) in [5.74, 6) is -1.13. The van der Waals surface area contributed by atoms with Gasteiger partial charge in [0.2, 0.25) is 0 Å². The van der Waals surface area contributed by atoms with E-state index in [9.17, 15) is 19.8 Å². The number of esters is 1. The molecule has 0 fully saturated rings. The minimum Gasteiger partial charge on any atom is -0.508 e. The van der Waals surface area contributed by atoms with Crippen molar-refractivity contribution >= 4 is 34.1 Å². The van der Waals surface area contributed by atoms with Crippen molar-refractivity contribution in [1.82, 2.24) is 0 Å². The van der Waals surface area contributed by atoms with Crippen molar-refractivity contribution in [2.45, 2.75) is 19.4 Å². The maximum Gasteiger partial charge on any atom is 0.343 e. The molecule has 0 aliphatic heterocycles. The number of halogens is 1. The number of aliphatic carboxylic acids is 1. The van der Waals surface area contributed by atoms with Crippen LogP contribution in [0.4, 0.5) is 0 Å². The Morgan fingerprint density at radius 3 is 2.52 bits per heavy atom. The van der Waals surface area contributed by atoms with Crippen molar-refractivity contribution in [3.63, 3.8) is 0 Å². The number of aromatic hydroxyl groups is 1. The van der Waals surface area contributed by atoms with Gasteiger partial charge in [-0.05, 0) is 60.5 Å². The lowest BCUT2D eigenvalue weighted by atomic mass is 10.1. The Hall–Kier alpha value is -3.45. The fourth-order valence-electron chi connectivity index (χ4n) is 2.89. The smallest absolute Gasteiger partial charge is 0.343 e. The number of carboxylic acid groups (broad SMARTS) is 1. The molecule has 7 heteroatoms. The van der Waals surface area contributed by atoms with Crippen molar-refractivity contribution in [1.29, 1.82) is 0 Å². The number of aryl methyl sites for hydroxylation is 1. The maximum absolute atomic E-state index is 12.4. The summed E-state index contributed by atoms with van der Waals surface area (Å²) in [6, 6.07) is 17.4. The number of phenols is 1. The summed E-state index contributed by atoms with van der Waals surface area (Å²) in [4.78, 5) is 28.2. The van der Waals surface area contributed by atoms with Gasteiger partial charge in [-0.3, -0.25) is 4.99 Å². The monoisotopic (exact) mass is 481 g/mol. The van der Waals surface area contributed by atoms with Gasteiger partial charge in [0.1, 0.15) is 11.5 Å². The number of carboxylic acids is 1. The lowest BCUT2D eigenvalue weighted by Crippen LogP contribution is -2.20. The van der Waals surface area contributed by atoms with Gasteiger partial charge in [-0.25, -0.2) is 9.59 Å². The van der Waals surface area contributed by atoms with Gasteiger partial charge in [0.15, 0.2) is 6.04 Å². The van der Waals surface area contributed by atoms with Crippen molar-refractivity contribution in [2.24, 2.45) is 4.99 Å². The molecule has 0 aliphatic rings. The Labute approximate surface area is 188 Å². The Kier molecular flexibility index (Phi) is 7.20. The van der Waals surface area contributed by atoms with E-state index in [1.165, 1.54) is 18.3 Å². The summed E-state index contributed by atoms with van der Waals surface area (Å²) < 4.78 is 6.13. The number of aliphatic imine (C=N–C) groups is 1. The molecule has 2 N–H and O–H groups in total. The quantitative estimate of drug-likeness (QED) is 0.287. The zero-order valence-electron chi connectivity index (χ0n) is 16.7. The second-order valence-electron chi connectivity index (χ2n) is 6.98. The highest BCUT2D eigenvalue weighted by Crippen LogP contribution is 2.22. The SMILES string of the molecule is Cc1cccc(C(=O)Oc2cc(Br)cc(C=NC(Cc3ccc(O)cc3)C(=O)O)c2)c1. The molecule has 0 amide bonds. The van der Waals surface area contributed by atoms with Crippen LogP contribution in [0.15, 0.2) is 76.2 Å². The molecule has 0 saturated heterocycles. The first kappa shape index (κ1) is 22.2. The number of hydrogen-bond acceptors (Lipinski definition) is 5. The normalized spacial score (nSPS) is 11.9. The third-order valence-corrected chi connectivity index (χ3v) is 4.87. The Morgan fingerprint density at radius 2 is 1.84 bits per heavy atom. The number of carbonyl (C=O) groups is 2. The zero-order valence-corrected chi connectivity index (χ0v) is 18.2. The van der Waals surface area contributed by atoms with Gasteiger partial charge in [0.05, 0.1) is 5.56 Å². The van der Waals surface area contributed by atoms with E-state index in [1.807, 2.05) is 13.0 Å². The number of rotatable bonds is 7. The third kappa shape index (κ3) is 6.52. The van der Waals surface area contributed by atoms with Gasteiger partial charge in [0.25, 0.3) is 0 Å². The van der Waals surface area contributed by atoms with E-state index in [4.69, 9.17) is 4.74 Å². The molecule has 0 bridgehead atoms. The molecule has 6 nitrogen and oxygen atoms in total. The van der Waals surface area contributed by atoms with Crippen LogP contribution in [-0.4, -0.2) is 34.4 Å². The Balaban J connectivity index is 1.76. The lowest BCUT2D eigenvalue weighted by molar-refractivity contribution is -0.138. The first-order valence-corrected chi connectivity index (χ1v) is 10.2. The lowest BCUT2D eigenvalue weighted by Gasteiger charge is -2.09. The van der Waals surface area contributed by atoms with Gasteiger partial charge in [-0.15, -0.1) is 0 Å². The summed E-state index contributed by atoms with van der Waals surface area (Å²) in [6.07, 6.45) is 1.61. The first-order chi connectivity index (χ1) is 14.8. The average molecular weight is 482 g/mol. The molecule has 1 atom stereocenters. The topological polar surface area (TPSA) is 96.2 Å². The van der Waals surface area contributed by atoms with Crippen LogP contribution in [0, 0.1) is 6.92 Å². The second-order valence-corrected chi connectivity index (χ2v) is 7.90. The van der Waals surface area contributed by atoms with Crippen LogP contribution in [0.25, 0.3) is 0 Å². The fraction of sp³-hybridized carbons (Fsp3) is 0.125. The summed E-state index contributed by atoms with van der Waals surface area (Å²) in [5, 5.41) is 18.9. The van der Waals surface area contributed by atoms with Crippen LogP contribution in [0.3, 0.4) is 0 Å². The highest BCUT2D eigenvalue weighted by Gasteiger charge is 2.16. The molecule has 3 aromatic carbocycles.